The normalized spacial score (nSPS) is 16.1. The zero-order valence-corrected chi connectivity index (χ0v) is 9.21. The fourth-order valence-electron chi connectivity index (χ4n) is 2.04. The molecule has 1 saturated carbocycles. The fraction of sp³-hybridized carbons (Fsp3) is 0.462. The molecule has 0 amide bonds. The Morgan fingerprint density at radius 3 is 2.53 bits per heavy atom. The first-order valence-corrected chi connectivity index (χ1v) is 5.44. The predicted octanol–water partition coefficient (Wildman–Crippen LogP) is 2.99. The smallest absolute Gasteiger partial charge is 0.169 e. The Bertz CT molecular complexity index is 403. The maximum absolute atomic E-state index is 12.0. The molecule has 0 aliphatic heterocycles. The molecule has 2 rings (SSSR count). The highest BCUT2D eigenvalue weighted by atomic mass is 16.3. The first kappa shape index (κ1) is 10.2. The van der Waals surface area contributed by atoms with Gasteiger partial charge in [0.05, 0.1) is 5.56 Å². The van der Waals surface area contributed by atoms with E-state index in [-0.39, 0.29) is 17.5 Å². The lowest BCUT2D eigenvalue weighted by atomic mass is 9.79. The van der Waals surface area contributed by atoms with Crippen LogP contribution in [0.4, 0.5) is 0 Å². The van der Waals surface area contributed by atoms with Crippen molar-refractivity contribution in [3.8, 4) is 5.75 Å². The van der Waals surface area contributed by atoms with E-state index in [9.17, 15) is 9.90 Å². The van der Waals surface area contributed by atoms with E-state index in [2.05, 4.69) is 0 Å². The van der Waals surface area contributed by atoms with Gasteiger partial charge in [-0.15, -0.1) is 0 Å². The molecule has 1 aromatic rings. The minimum atomic E-state index is 0.116. The molecule has 1 aliphatic carbocycles. The third-order valence-electron chi connectivity index (χ3n) is 3.19. The van der Waals surface area contributed by atoms with Gasteiger partial charge in [-0.25, -0.2) is 0 Å². The van der Waals surface area contributed by atoms with E-state index >= 15 is 0 Å². The monoisotopic (exact) mass is 204 g/mol. The van der Waals surface area contributed by atoms with Crippen LogP contribution < -0.4 is 0 Å². The minimum absolute atomic E-state index is 0.116. The van der Waals surface area contributed by atoms with Gasteiger partial charge in [0, 0.05) is 5.92 Å². The summed E-state index contributed by atoms with van der Waals surface area (Å²) in [6.07, 6.45) is 3.10. The summed E-state index contributed by atoms with van der Waals surface area (Å²) in [4.78, 5) is 12.0. The van der Waals surface area contributed by atoms with E-state index < -0.39 is 0 Å². The van der Waals surface area contributed by atoms with Crippen molar-refractivity contribution in [1.29, 1.82) is 0 Å². The maximum atomic E-state index is 12.0. The number of rotatable bonds is 2. The highest BCUT2D eigenvalue weighted by Gasteiger charge is 2.28. The zero-order chi connectivity index (χ0) is 11.0. The van der Waals surface area contributed by atoms with Crippen LogP contribution in [0.5, 0.6) is 5.75 Å². The molecule has 0 unspecified atom stereocenters. The standard InChI is InChI=1S/C13H16O2/c1-8-6-9(2)12(14)11(7-8)13(15)10-4-3-5-10/h6-7,10,14H,3-5H2,1-2H3. The van der Waals surface area contributed by atoms with Crippen molar-refractivity contribution in [2.24, 2.45) is 5.92 Å². The molecule has 0 heterocycles. The summed E-state index contributed by atoms with van der Waals surface area (Å²) >= 11 is 0. The van der Waals surface area contributed by atoms with E-state index in [0.717, 1.165) is 30.4 Å². The maximum Gasteiger partial charge on any atom is 0.169 e. The number of aromatic hydroxyl groups is 1. The van der Waals surface area contributed by atoms with Gasteiger partial charge in [-0.2, -0.15) is 0 Å². The van der Waals surface area contributed by atoms with Gasteiger partial charge in [-0.1, -0.05) is 12.5 Å². The number of benzene rings is 1. The van der Waals surface area contributed by atoms with Gasteiger partial charge < -0.3 is 5.11 Å². The molecule has 1 aliphatic rings. The highest BCUT2D eigenvalue weighted by molar-refractivity contribution is 6.01. The quantitative estimate of drug-likeness (QED) is 0.752. The van der Waals surface area contributed by atoms with E-state index in [4.69, 9.17) is 0 Å². The van der Waals surface area contributed by atoms with Gasteiger partial charge in [0.1, 0.15) is 5.75 Å². The Hall–Kier alpha value is -1.31. The molecule has 1 aromatic carbocycles. The van der Waals surface area contributed by atoms with Gasteiger partial charge in [0.25, 0.3) is 0 Å². The average Bonchev–Trinajstić information content (AvgIpc) is 2.08. The lowest BCUT2D eigenvalue weighted by Gasteiger charge is -2.24. The first-order valence-electron chi connectivity index (χ1n) is 5.44. The molecule has 0 bridgehead atoms. The minimum Gasteiger partial charge on any atom is -0.507 e. The van der Waals surface area contributed by atoms with Gasteiger partial charge in [0.15, 0.2) is 5.78 Å². The molecule has 1 fully saturated rings. The van der Waals surface area contributed by atoms with Gasteiger partial charge in [-0.3, -0.25) is 4.79 Å². The molecule has 0 spiro atoms. The number of phenols is 1. The summed E-state index contributed by atoms with van der Waals surface area (Å²) in [6.45, 7) is 3.78. The van der Waals surface area contributed by atoms with Crippen LogP contribution in [0.1, 0.15) is 40.7 Å². The summed E-state index contributed by atoms with van der Waals surface area (Å²) in [5.41, 5.74) is 2.34. The van der Waals surface area contributed by atoms with Crippen molar-refractivity contribution in [3.05, 3.63) is 28.8 Å². The summed E-state index contributed by atoms with van der Waals surface area (Å²) in [7, 11) is 0. The number of hydrogen-bond donors (Lipinski definition) is 1. The lowest BCUT2D eigenvalue weighted by molar-refractivity contribution is 0.0852. The topological polar surface area (TPSA) is 37.3 Å². The average molecular weight is 204 g/mol. The van der Waals surface area contributed by atoms with E-state index in [1.165, 1.54) is 0 Å². The molecule has 0 radical (unpaired) electrons. The van der Waals surface area contributed by atoms with E-state index in [1.54, 1.807) is 6.07 Å². The van der Waals surface area contributed by atoms with Crippen LogP contribution in [0.15, 0.2) is 12.1 Å². The third kappa shape index (κ3) is 1.76. The Labute approximate surface area is 89.9 Å². The molecule has 15 heavy (non-hydrogen) atoms. The van der Waals surface area contributed by atoms with Crippen molar-refractivity contribution in [1.82, 2.24) is 0 Å². The Balaban J connectivity index is 2.38. The Morgan fingerprint density at radius 1 is 1.33 bits per heavy atom. The molecular formula is C13H16O2. The molecule has 2 nitrogen and oxygen atoms in total. The Kier molecular flexibility index (Phi) is 2.51. The van der Waals surface area contributed by atoms with E-state index in [1.807, 2.05) is 19.9 Å². The first-order chi connectivity index (χ1) is 7.09. The van der Waals surface area contributed by atoms with Crippen molar-refractivity contribution in [3.63, 3.8) is 0 Å². The molecular weight excluding hydrogens is 188 g/mol. The number of ketones is 1. The zero-order valence-electron chi connectivity index (χ0n) is 9.21. The largest absolute Gasteiger partial charge is 0.507 e. The second kappa shape index (κ2) is 3.69. The van der Waals surface area contributed by atoms with Crippen LogP contribution in [-0.4, -0.2) is 10.9 Å². The highest BCUT2D eigenvalue weighted by Crippen LogP contribution is 2.33. The number of carbonyl (C=O) groups is 1. The number of Topliss-reactive ketones (excluding diaryl/α,β-unsaturated/α-hetero) is 1. The van der Waals surface area contributed by atoms with Crippen molar-refractivity contribution in [2.45, 2.75) is 33.1 Å². The summed E-state index contributed by atoms with van der Waals surface area (Å²) in [6, 6.07) is 3.69. The van der Waals surface area contributed by atoms with Crippen molar-refractivity contribution < 1.29 is 9.90 Å². The SMILES string of the molecule is Cc1cc(C)c(O)c(C(=O)C2CCC2)c1. The van der Waals surface area contributed by atoms with Crippen LogP contribution in [0.2, 0.25) is 0 Å². The van der Waals surface area contributed by atoms with Gasteiger partial charge >= 0.3 is 0 Å². The number of hydrogen-bond acceptors (Lipinski definition) is 2. The summed E-state index contributed by atoms with van der Waals surface area (Å²) in [5.74, 6) is 0.431. The molecule has 1 N–H and O–H groups in total. The molecule has 0 aromatic heterocycles. The summed E-state index contributed by atoms with van der Waals surface area (Å²) in [5, 5.41) is 9.84. The van der Waals surface area contributed by atoms with E-state index in [0.29, 0.717) is 5.56 Å². The van der Waals surface area contributed by atoms with Gasteiger partial charge in [-0.05, 0) is 43.9 Å². The molecule has 2 heteroatoms. The molecule has 0 atom stereocenters. The summed E-state index contributed by atoms with van der Waals surface area (Å²) < 4.78 is 0. The third-order valence-corrected chi connectivity index (χ3v) is 3.19. The van der Waals surface area contributed by atoms with Crippen LogP contribution in [0.25, 0.3) is 0 Å². The second-order valence-electron chi connectivity index (χ2n) is 4.47. The van der Waals surface area contributed by atoms with Crippen molar-refractivity contribution in [2.75, 3.05) is 0 Å². The fourth-order valence-corrected chi connectivity index (χ4v) is 2.04. The molecule has 80 valence electrons. The second-order valence-corrected chi connectivity index (χ2v) is 4.47. The Morgan fingerprint density at radius 2 is 2.00 bits per heavy atom. The number of carbonyl (C=O) groups excluding carboxylic acids is 1. The van der Waals surface area contributed by atoms with Gasteiger partial charge in [0.2, 0.25) is 0 Å². The lowest BCUT2D eigenvalue weighted by Crippen LogP contribution is -2.22. The van der Waals surface area contributed by atoms with Crippen LogP contribution in [0.3, 0.4) is 0 Å². The van der Waals surface area contributed by atoms with Crippen molar-refractivity contribution >= 4 is 5.78 Å². The molecule has 0 saturated heterocycles. The number of aryl methyl sites for hydroxylation is 2. The van der Waals surface area contributed by atoms with Crippen LogP contribution in [-0.2, 0) is 0 Å². The number of phenolic OH excluding ortho intramolecular Hbond substituents is 1. The van der Waals surface area contributed by atoms with Crippen LogP contribution >= 0.6 is 0 Å². The van der Waals surface area contributed by atoms with Crippen LogP contribution in [0, 0.1) is 19.8 Å². The predicted molar refractivity (Wildman–Crippen MR) is 59.3 cm³/mol.